The van der Waals surface area contributed by atoms with Crippen molar-refractivity contribution in [2.45, 2.75) is 18.9 Å². The molecule has 0 aliphatic carbocycles. The third-order valence-electron chi connectivity index (χ3n) is 1.35. The van der Waals surface area contributed by atoms with Crippen LogP contribution in [-0.4, -0.2) is 19.1 Å². The van der Waals surface area contributed by atoms with E-state index < -0.39 is 0 Å². The minimum Gasteiger partial charge on any atom is -0.329 e. The molecule has 0 aromatic carbocycles. The molecule has 2 nitrogen and oxygen atoms in total. The molecule has 1 heterocycles. The second-order valence-electron chi connectivity index (χ2n) is 1.94. The van der Waals surface area contributed by atoms with Crippen molar-refractivity contribution in [3.05, 3.63) is 0 Å². The zero-order valence-corrected chi connectivity index (χ0v) is 4.43. The van der Waals surface area contributed by atoms with Gasteiger partial charge >= 0.3 is 0 Å². The summed E-state index contributed by atoms with van der Waals surface area (Å²) in [5.41, 5.74) is 5.34. The molecule has 0 spiro atoms. The largest absolute Gasteiger partial charge is 0.329 e. The number of rotatable bonds is 1. The van der Waals surface area contributed by atoms with Crippen LogP contribution in [0.25, 0.3) is 0 Å². The average Bonchev–Trinajstić information content (AvgIpc) is 2.14. The van der Waals surface area contributed by atoms with E-state index in [9.17, 15) is 0 Å². The standard InChI is InChI=1S/C5H11N2/c6-4-5-2-1-3-7-5/h5H,1-4,6H2. The summed E-state index contributed by atoms with van der Waals surface area (Å²) in [4.78, 5) is 0. The predicted octanol–water partition coefficient (Wildman–Crippen LogP) is -0.288. The zero-order chi connectivity index (χ0) is 5.11. The summed E-state index contributed by atoms with van der Waals surface area (Å²) >= 11 is 0. The smallest absolute Gasteiger partial charge is 0.0369 e. The lowest BCUT2D eigenvalue weighted by atomic mass is 10.2. The molecular weight excluding hydrogens is 88.1 g/mol. The molecule has 0 bridgehead atoms. The Morgan fingerprint density at radius 1 is 1.71 bits per heavy atom. The predicted molar refractivity (Wildman–Crippen MR) is 29.1 cm³/mol. The lowest BCUT2D eigenvalue weighted by Gasteiger charge is -1.99. The van der Waals surface area contributed by atoms with Gasteiger partial charge in [0.15, 0.2) is 0 Å². The number of hydrogen-bond acceptors (Lipinski definition) is 1. The SMILES string of the molecule is NCC1CCC[N]1. The number of hydrogen-bond donors (Lipinski definition) is 1. The van der Waals surface area contributed by atoms with Gasteiger partial charge in [-0.25, -0.2) is 5.32 Å². The van der Waals surface area contributed by atoms with E-state index in [1.807, 2.05) is 0 Å². The molecule has 0 amide bonds. The van der Waals surface area contributed by atoms with Gasteiger partial charge in [-0.3, -0.25) is 0 Å². The van der Waals surface area contributed by atoms with Crippen molar-refractivity contribution in [2.24, 2.45) is 5.73 Å². The van der Waals surface area contributed by atoms with Gasteiger partial charge in [-0.15, -0.1) is 0 Å². The summed E-state index contributed by atoms with van der Waals surface area (Å²) in [5, 5.41) is 4.23. The Labute approximate surface area is 44.1 Å². The van der Waals surface area contributed by atoms with Crippen molar-refractivity contribution in [1.29, 1.82) is 0 Å². The van der Waals surface area contributed by atoms with E-state index in [4.69, 9.17) is 5.73 Å². The Bertz CT molecular complexity index is 48.0. The summed E-state index contributed by atoms with van der Waals surface area (Å²) in [7, 11) is 0. The van der Waals surface area contributed by atoms with Gasteiger partial charge in [0.25, 0.3) is 0 Å². The minimum absolute atomic E-state index is 0.500. The third kappa shape index (κ3) is 1.14. The van der Waals surface area contributed by atoms with Crippen LogP contribution in [0.15, 0.2) is 0 Å². The fraction of sp³-hybridized carbons (Fsp3) is 1.00. The zero-order valence-electron chi connectivity index (χ0n) is 4.43. The van der Waals surface area contributed by atoms with E-state index in [1.54, 1.807) is 0 Å². The van der Waals surface area contributed by atoms with Crippen LogP contribution in [0.5, 0.6) is 0 Å². The fourth-order valence-electron chi connectivity index (χ4n) is 0.884. The summed E-state index contributed by atoms with van der Waals surface area (Å²) in [6, 6.07) is 0.500. The van der Waals surface area contributed by atoms with Crippen LogP contribution in [0.3, 0.4) is 0 Å². The fourth-order valence-corrected chi connectivity index (χ4v) is 0.884. The molecule has 7 heavy (non-hydrogen) atoms. The first kappa shape index (κ1) is 5.06. The highest BCUT2D eigenvalue weighted by Gasteiger charge is 2.11. The molecule has 0 saturated carbocycles. The molecule has 1 atom stereocenters. The average molecular weight is 99.2 g/mol. The molecule has 1 fully saturated rings. The van der Waals surface area contributed by atoms with E-state index in [1.165, 1.54) is 12.8 Å². The van der Waals surface area contributed by atoms with Crippen LogP contribution in [0.1, 0.15) is 12.8 Å². The maximum atomic E-state index is 5.34. The molecule has 1 rings (SSSR count). The van der Waals surface area contributed by atoms with Gasteiger partial charge in [0, 0.05) is 19.1 Å². The van der Waals surface area contributed by atoms with Gasteiger partial charge in [-0.2, -0.15) is 0 Å². The summed E-state index contributed by atoms with van der Waals surface area (Å²) in [6.07, 6.45) is 2.47. The first-order valence-corrected chi connectivity index (χ1v) is 2.80. The maximum absolute atomic E-state index is 5.34. The molecule has 41 valence electrons. The third-order valence-corrected chi connectivity index (χ3v) is 1.35. The Morgan fingerprint density at radius 2 is 2.57 bits per heavy atom. The number of nitrogens with zero attached hydrogens (tertiary/aromatic N) is 1. The van der Waals surface area contributed by atoms with Crippen molar-refractivity contribution in [3.63, 3.8) is 0 Å². The van der Waals surface area contributed by atoms with Gasteiger partial charge in [0.05, 0.1) is 0 Å². The van der Waals surface area contributed by atoms with Gasteiger partial charge in [-0.05, 0) is 12.8 Å². The summed E-state index contributed by atoms with van der Waals surface area (Å²) < 4.78 is 0. The maximum Gasteiger partial charge on any atom is 0.0369 e. The van der Waals surface area contributed by atoms with Crippen molar-refractivity contribution in [2.75, 3.05) is 13.1 Å². The van der Waals surface area contributed by atoms with E-state index in [-0.39, 0.29) is 0 Å². The molecule has 2 heteroatoms. The quantitative estimate of drug-likeness (QED) is 0.482. The lowest BCUT2D eigenvalue weighted by Crippen LogP contribution is -2.24. The van der Waals surface area contributed by atoms with Crippen LogP contribution in [0.4, 0.5) is 0 Å². The highest BCUT2D eigenvalue weighted by atomic mass is 15.0. The van der Waals surface area contributed by atoms with Crippen molar-refractivity contribution >= 4 is 0 Å². The Hall–Kier alpha value is -0.0800. The molecule has 0 aromatic rings. The summed E-state index contributed by atoms with van der Waals surface area (Å²) in [5.74, 6) is 0. The molecular formula is C5H11N2. The molecule has 1 aliphatic heterocycles. The van der Waals surface area contributed by atoms with Gasteiger partial charge in [-0.1, -0.05) is 0 Å². The number of nitrogens with two attached hydrogens (primary N) is 1. The lowest BCUT2D eigenvalue weighted by molar-refractivity contribution is 0.606. The Morgan fingerprint density at radius 3 is 2.86 bits per heavy atom. The minimum atomic E-state index is 0.500. The second-order valence-corrected chi connectivity index (χ2v) is 1.94. The van der Waals surface area contributed by atoms with E-state index >= 15 is 0 Å². The molecule has 2 N–H and O–H groups in total. The van der Waals surface area contributed by atoms with Gasteiger partial charge < -0.3 is 5.73 Å². The molecule has 1 saturated heterocycles. The molecule has 1 aliphatic rings. The van der Waals surface area contributed by atoms with Crippen LogP contribution in [-0.2, 0) is 0 Å². The van der Waals surface area contributed by atoms with Crippen LogP contribution in [0.2, 0.25) is 0 Å². The first-order valence-electron chi connectivity index (χ1n) is 2.80. The second kappa shape index (κ2) is 2.28. The Balaban J connectivity index is 2.14. The van der Waals surface area contributed by atoms with Gasteiger partial charge in [0.2, 0.25) is 0 Å². The van der Waals surface area contributed by atoms with E-state index in [0.717, 1.165) is 13.1 Å². The summed E-state index contributed by atoms with van der Waals surface area (Å²) in [6.45, 7) is 1.79. The molecule has 1 unspecified atom stereocenters. The van der Waals surface area contributed by atoms with E-state index in [2.05, 4.69) is 5.32 Å². The molecule has 0 aromatic heterocycles. The van der Waals surface area contributed by atoms with E-state index in [0.29, 0.717) is 6.04 Å². The topological polar surface area (TPSA) is 40.1 Å². The monoisotopic (exact) mass is 99.1 g/mol. The normalized spacial score (nSPS) is 31.3. The molecule has 1 radical (unpaired) electrons. The van der Waals surface area contributed by atoms with Crippen molar-refractivity contribution in [3.8, 4) is 0 Å². The van der Waals surface area contributed by atoms with Crippen LogP contribution < -0.4 is 11.1 Å². The Kier molecular flexibility index (Phi) is 1.65. The first-order chi connectivity index (χ1) is 3.43. The highest BCUT2D eigenvalue weighted by molar-refractivity contribution is 4.73. The van der Waals surface area contributed by atoms with Crippen molar-refractivity contribution in [1.82, 2.24) is 5.32 Å². The highest BCUT2D eigenvalue weighted by Crippen LogP contribution is 2.03. The van der Waals surface area contributed by atoms with Crippen LogP contribution >= 0.6 is 0 Å². The van der Waals surface area contributed by atoms with Crippen LogP contribution in [0, 0.1) is 0 Å². The van der Waals surface area contributed by atoms with Gasteiger partial charge in [0.1, 0.15) is 0 Å². The van der Waals surface area contributed by atoms with Crippen molar-refractivity contribution < 1.29 is 0 Å².